The first kappa shape index (κ1) is 38.6. The van der Waals surface area contributed by atoms with Crippen molar-refractivity contribution in [3.8, 4) is 56.7 Å². The number of alkyl halides is 3. The van der Waals surface area contributed by atoms with Crippen LogP contribution in [-0.2, 0) is 6.18 Å². The molecule has 4 aromatic heterocycles. The Hall–Kier alpha value is -8.82. The number of aromatic nitrogens is 5. The molecule has 0 fully saturated rings. The minimum atomic E-state index is -4.87. The molecule has 0 bridgehead atoms. The lowest BCUT2D eigenvalue weighted by Gasteiger charge is -2.19. The Morgan fingerprint density at radius 2 is 0.896 bits per heavy atom. The molecule has 0 N–H and O–H groups in total. The number of furan rings is 1. The SMILES string of the molecule is FC(F)(F)c1cc(-c2nc(-c3ccccc3)nc(-c3ccccc3)n2)c2c(oc3ccccc32)c1-n1c2ccc(-c3ccccc3)cc2c2c3c4ccccc4n(-c4ccccc4)c3ccc21. The molecule has 4 heterocycles. The van der Waals surface area contributed by atoms with Crippen LogP contribution in [0.15, 0.2) is 211 Å². The lowest BCUT2D eigenvalue weighted by Crippen LogP contribution is -2.12. The van der Waals surface area contributed by atoms with Gasteiger partial charge in [0.05, 0.1) is 27.6 Å². The minimum absolute atomic E-state index is 0.0618. The molecule has 318 valence electrons. The third kappa shape index (κ3) is 6.08. The van der Waals surface area contributed by atoms with E-state index in [1.54, 1.807) is 10.6 Å². The highest BCUT2D eigenvalue weighted by molar-refractivity contribution is 6.29. The fourth-order valence-corrected chi connectivity index (χ4v) is 9.91. The van der Waals surface area contributed by atoms with Crippen LogP contribution in [0.3, 0.4) is 0 Å². The van der Waals surface area contributed by atoms with E-state index in [0.717, 1.165) is 49.4 Å². The highest BCUT2D eigenvalue weighted by Gasteiger charge is 2.39. The molecule has 9 aromatic carbocycles. The van der Waals surface area contributed by atoms with Crippen molar-refractivity contribution in [2.75, 3.05) is 0 Å². The van der Waals surface area contributed by atoms with Crippen molar-refractivity contribution in [2.24, 2.45) is 0 Å². The molecule has 0 saturated carbocycles. The summed E-state index contributed by atoms with van der Waals surface area (Å²) in [4.78, 5) is 14.7. The molecule has 67 heavy (non-hydrogen) atoms. The molecule has 0 unspecified atom stereocenters. The summed E-state index contributed by atoms with van der Waals surface area (Å²) >= 11 is 0. The first-order valence-corrected chi connectivity index (χ1v) is 21.9. The highest BCUT2D eigenvalue weighted by Crippen LogP contribution is 2.50. The van der Waals surface area contributed by atoms with Gasteiger partial charge in [0.1, 0.15) is 11.3 Å². The van der Waals surface area contributed by atoms with Crippen LogP contribution in [0.25, 0.3) is 122 Å². The van der Waals surface area contributed by atoms with E-state index in [0.29, 0.717) is 50.2 Å². The first-order valence-electron chi connectivity index (χ1n) is 21.9. The first-order chi connectivity index (χ1) is 32.9. The number of hydrogen-bond acceptors (Lipinski definition) is 4. The molecule has 0 aliphatic carbocycles. The van der Waals surface area contributed by atoms with Crippen molar-refractivity contribution in [3.05, 3.63) is 212 Å². The van der Waals surface area contributed by atoms with E-state index in [2.05, 4.69) is 34.9 Å². The van der Waals surface area contributed by atoms with Crippen molar-refractivity contribution in [3.63, 3.8) is 0 Å². The van der Waals surface area contributed by atoms with E-state index in [1.807, 2.05) is 164 Å². The Morgan fingerprint density at radius 1 is 0.388 bits per heavy atom. The van der Waals surface area contributed by atoms with Crippen molar-refractivity contribution in [2.45, 2.75) is 6.18 Å². The number of benzene rings is 9. The fourth-order valence-electron chi connectivity index (χ4n) is 9.91. The van der Waals surface area contributed by atoms with Gasteiger partial charge in [0.25, 0.3) is 0 Å². The zero-order chi connectivity index (χ0) is 44.8. The maximum absolute atomic E-state index is 16.4. The van der Waals surface area contributed by atoms with Crippen LogP contribution in [0.5, 0.6) is 0 Å². The Balaban J connectivity index is 1.19. The van der Waals surface area contributed by atoms with Crippen LogP contribution in [0.4, 0.5) is 13.2 Å². The van der Waals surface area contributed by atoms with Gasteiger partial charge in [-0.25, -0.2) is 15.0 Å². The topological polar surface area (TPSA) is 61.7 Å². The summed E-state index contributed by atoms with van der Waals surface area (Å²) in [6.45, 7) is 0. The molecule has 0 radical (unpaired) electrons. The van der Waals surface area contributed by atoms with Crippen LogP contribution < -0.4 is 0 Å². The zero-order valence-corrected chi connectivity index (χ0v) is 35.4. The summed E-state index contributed by atoms with van der Waals surface area (Å²) in [6.07, 6.45) is -4.87. The largest absolute Gasteiger partial charge is 0.454 e. The summed E-state index contributed by atoms with van der Waals surface area (Å²) in [7, 11) is 0. The van der Waals surface area contributed by atoms with Crippen molar-refractivity contribution in [1.82, 2.24) is 24.1 Å². The van der Waals surface area contributed by atoms with Gasteiger partial charge in [-0.05, 0) is 65.7 Å². The number of para-hydroxylation sites is 3. The normalized spacial score (nSPS) is 12.1. The van der Waals surface area contributed by atoms with Gasteiger partial charge in [-0.2, -0.15) is 13.2 Å². The number of fused-ring (bicyclic) bond motifs is 10. The standard InChI is InChI=1S/C58H34F3N5O/c59-58(60,61)44-34-43(57-63-55(36-19-7-2-8-20-36)62-56(64-57)37-21-9-3-10-22-37)50-41-26-14-16-28-49(41)67-54(50)53(44)66-46-30-29-38(35-17-5-1-6-18-35)33-42(46)52-48(66)32-31-47-51(52)40-25-13-15-27-45(40)65(47)39-23-11-4-12-24-39/h1-34H. The predicted octanol–water partition coefficient (Wildman–Crippen LogP) is 15.7. The molecular weight excluding hydrogens is 840 g/mol. The van der Waals surface area contributed by atoms with Gasteiger partial charge in [-0.3, -0.25) is 0 Å². The zero-order valence-electron chi connectivity index (χ0n) is 35.4. The average molecular weight is 874 g/mol. The maximum Gasteiger partial charge on any atom is 0.418 e. The number of rotatable bonds is 6. The van der Waals surface area contributed by atoms with E-state index < -0.39 is 11.7 Å². The van der Waals surface area contributed by atoms with Crippen LogP contribution in [0.1, 0.15) is 5.56 Å². The summed E-state index contributed by atoms with van der Waals surface area (Å²) in [6, 6.07) is 65.7. The van der Waals surface area contributed by atoms with Gasteiger partial charge in [0, 0.05) is 54.7 Å². The van der Waals surface area contributed by atoms with Crippen LogP contribution in [0.2, 0.25) is 0 Å². The second kappa shape index (κ2) is 14.9. The smallest absolute Gasteiger partial charge is 0.418 e. The van der Waals surface area contributed by atoms with Crippen molar-refractivity contribution >= 4 is 65.6 Å². The van der Waals surface area contributed by atoms with Gasteiger partial charge in [-0.1, -0.05) is 152 Å². The molecule has 13 rings (SSSR count). The molecule has 6 nitrogen and oxygen atoms in total. The van der Waals surface area contributed by atoms with Gasteiger partial charge in [0.15, 0.2) is 23.1 Å². The summed E-state index contributed by atoms with van der Waals surface area (Å²) < 4.78 is 60.0. The van der Waals surface area contributed by atoms with Gasteiger partial charge < -0.3 is 13.6 Å². The van der Waals surface area contributed by atoms with Gasteiger partial charge in [-0.15, -0.1) is 0 Å². The molecule has 0 aliphatic rings. The number of hydrogen-bond donors (Lipinski definition) is 0. The van der Waals surface area contributed by atoms with E-state index >= 15 is 13.2 Å². The lowest BCUT2D eigenvalue weighted by atomic mass is 9.99. The van der Waals surface area contributed by atoms with Crippen molar-refractivity contribution in [1.29, 1.82) is 0 Å². The molecule has 0 atom stereocenters. The van der Waals surface area contributed by atoms with Gasteiger partial charge >= 0.3 is 6.18 Å². The summed E-state index contributed by atoms with van der Waals surface area (Å²) in [5.74, 6) is 0.753. The molecule has 0 aliphatic heterocycles. The molecule has 9 heteroatoms. The average Bonchev–Trinajstić information content (AvgIpc) is 4.04. The van der Waals surface area contributed by atoms with Crippen molar-refractivity contribution < 1.29 is 17.6 Å². The molecular formula is C58H34F3N5O. The quantitative estimate of drug-likeness (QED) is 0.167. The molecule has 0 spiro atoms. The number of halogens is 3. The lowest BCUT2D eigenvalue weighted by molar-refractivity contribution is -0.137. The Labute approximate surface area is 380 Å². The monoisotopic (exact) mass is 873 g/mol. The summed E-state index contributed by atoms with van der Waals surface area (Å²) in [5.41, 5.74) is 7.07. The second-order valence-corrected chi connectivity index (χ2v) is 16.6. The van der Waals surface area contributed by atoms with E-state index in [1.165, 1.54) is 6.07 Å². The molecule has 0 saturated heterocycles. The predicted molar refractivity (Wildman–Crippen MR) is 263 cm³/mol. The number of nitrogens with zero attached hydrogens (tertiary/aromatic N) is 5. The molecule has 0 amide bonds. The van der Waals surface area contributed by atoms with E-state index in [-0.39, 0.29) is 22.7 Å². The third-order valence-corrected chi connectivity index (χ3v) is 12.8. The summed E-state index contributed by atoms with van der Waals surface area (Å²) in [5, 5.41) is 4.64. The fraction of sp³-hybridized carbons (Fsp3) is 0.0172. The Bertz CT molecular complexity index is 4010. The van der Waals surface area contributed by atoms with Crippen LogP contribution in [0, 0.1) is 0 Å². The van der Waals surface area contributed by atoms with Crippen LogP contribution >= 0.6 is 0 Å². The maximum atomic E-state index is 16.4. The van der Waals surface area contributed by atoms with Gasteiger partial charge in [0.2, 0.25) is 0 Å². The Kier molecular flexibility index (Phi) is 8.57. The minimum Gasteiger partial charge on any atom is -0.454 e. The third-order valence-electron chi connectivity index (χ3n) is 12.8. The Morgan fingerprint density at radius 3 is 1.55 bits per heavy atom. The van der Waals surface area contributed by atoms with E-state index in [9.17, 15) is 0 Å². The van der Waals surface area contributed by atoms with E-state index in [4.69, 9.17) is 19.4 Å². The highest BCUT2D eigenvalue weighted by atomic mass is 19.4. The van der Waals surface area contributed by atoms with Crippen LogP contribution in [-0.4, -0.2) is 24.1 Å². The second-order valence-electron chi connectivity index (χ2n) is 16.6. The molecule has 13 aromatic rings.